The molecule has 1 aliphatic heterocycles. The quantitative estimate of drug-likeness (QED) is 0.131. The van der Waals surface area contributed by atoms with Crippen molar-refractivity contribution in [2.45, 2.75) is 31.0 Å². The van der Waals surface area contributed by atoms with Crippen molar-refractivity contribution in [1.82, 2.24) is 15.2 Å². The molecule has 2 heterocycles. The number of carboxylic acid groups (broad SMARTS) is 1. The molecule has 1 aromatic heterocycles. The van der Waals surface area contributed by atoms with Crippen LogP contribution in [0.1, 0.15) is 42.1 Å². The highest BCUT2D eigenvalue weighted by Gasteiger charge is 2.40. The van der Waals surface area contributed by atoms with E-state index in [1.54, 1.807) is 59.5 Å². The highest BCUT2D eigenvalue weighted by Crippen LogP contribution is 2.32. The minimum Gasteiger partial charge on any atom is -0.506 e. The van der Waals surface area contributed by atoms with Crippen molar-refractivity contribution in [3.8, 4) is 11.5 Å². The number of nitrogens with zero attached hydrogens (tertiary/aromatic N) is 1. The molecule has 4 aromatic rings. The van der Waals surface area contributed by atoms with Crippen molar-refractivity contribution in [2.75, 3.05) is 32.8 Å². The first-order valence-corrected chi connectivity index (χ1v) is 14.9. The minimum atomic E-state index is -2.26. The van der Waals surface area contributed by atoms with Gasteiger partial charge in [0.2, 0.25) is 11.2 Å². The van der Waals surface area contributed by atoms with E-state index in [0.29, 0.717) is 48.6 Å². The molecule has 0 aliphatic carbocycles. The monoisotopic (exact) mass is 615 g/mol. The van der Waals surface area contributed by atoms with Gasteiger partial charge in [0.1, 0.15) is 11.5 Å². The lowest BCUT2D eigenvalue weighted by Crippen LogP contribution is -2.41. The topological polar surface area (TPSA) is 172 Å². The molecule has 2 atom stereocenters. The predicted molar refractivity (Wildman–Crippen MR) is 167 cm³/mol. The van der Waals surface area contributed by atoms with Gasteiger partial charge in [-0.05, 0) is 67.1 Å². The van der Waals surface area contributed by atoms with E-state index in [9.17, 15) is 34.8 Å². The molecule has 1 saturated heterocycles. The number of aromatic nitrogens is 1. The van der Waals surface area contributed by atoms with Crippen molar-refractivity contribution in [2.24, 2.45) is 5.92 Å². The molecule has 1 amide bonds. The summed E-state index contributed by atoms with van der Waals surface area (Å²) in [6, 6.07) is 20.3. The smallest absolute Gasteiger partial charge is 0.345 e. The van der Waals surface area contributed by atoms with Crippen LogP contribution in [-0.4, -0.2) is 75.0 Å². The third-order valence-corrected chi connectivity index (χ3v) is 8.42. The third-order valence-electron chi connectivity index (χ3n) is 8.42. The van der Waals surface area contributed by atoms with Gasteiger partial charge < -0.3 is 40.4 Å². The van der Waals surface area contributed by atoms with E-state index in [1.807, 2.05) is 0 Å². The van der Waals surface area contributed by atoms with Crippen molar-refractivity contribution < 1.29 is 34.8 Å². The number of carbonyl (C=O) groups is 2. The number of aromatic hydroxyl groups is 1. The van der Waals surface area contributed by atoms with E-state index < -0.39 is 17.7 Å². The number of amides is 1. The fourth-order valence-electron chi connectivity index (χ4n) is 5.82. The highest BCUT2D eigenvalue weighted by molar-refractivity contribution is 5.87. The van der Waals surface area contributed by atoms with Crippen LogP contribution in [0.2, 0.25) is 0 Å². The Hall–Kier alpha value is -4.71. The largest absolute Gasteiger partial charge is 0.506 e. The van der Waals surface area contributed by atoms with E-state index in [0.717, 1.165) is 19.3 Å². The van der Waals surface area contributed by atoms with E-state index in [2.05, 4.69) is 10.3 Å². The molecule has 11 nitrogen and oxygen atoms in total. The SMILES string of the molecule is O=C(COc1cccc([C@](O)(C(=O)O)c2ccccc2)c1)N1CCC(CCNC[C@H](O)c2ccc(O)c3[nH]c(=O)ccc23)CC1. The second-order valence-electron chi connectivity index (χ2n) is 11.3. The summed E-state index contributed by atoms with van der Waals surface area (Å²) in [6.45, 7) is 1.99. The van der Waals surface area contributed by atoms with Crippen molar-refractivity contribution in [1.29, 1.82) is 0 Å². The highest BCUT2D eigenvalue weighted by atomic mass is 16.5. The van der Waals surface area contributed by atoms with Crippen LogP contribution >= 0.6 is 0 Å². The number of benzene rings is 3. The fraction of sp³-hybridized carbons (Fsp3) is 0.324. The number of aromatic amines is 1. The van der Waals surface area contributed by atoms with Gasteiger partial charge in [0, 0.05) is 36.7 Å². The number of likely N-dealkylation sites (tertiary alicyclic amines) is 1. The summed E-state index contributed by atoms with van der Waals surface area (Å²) in [5, 5.41) is 45.6. The number of carbonyl (C=O) groups excluding carboxylic acids is 1. The Kier molecular flexibility index (Phi) is 9.82. The van der Waals surface area contributed by atoms with Crippen molar-refractivity contribution in [3.63, 3.8) is 0 Å². The average molecular weight is 616 g/mol. The van der Waals surface area contributed by atoms with Gasteiger partial charge in [0.15, 0.2) is 6.61 Å². The number of piperidine rings is 1. The molecule has 1 fully saturated rings. The van der Waals surface area contributed by atoms with Crippen LogP contribution in [0, 0.1) is 5.92 Å². The zero-order valence-corrected chi connectivity index (χ0v) is 24.7. The number of aliphatic hydroxyl groups excluding tert-OH is 1. The Morgan fingerprint density at radius 2 is 1.73 bits per heavy atom. The van der Waals surface area contributed by atoms with E-state index in [4.69, 9.17) is 4.74 Å². The number of aliphatic carboxylic acids is 1. The van der Waals surface area contributed by atoms with Gasteiger partial charge in [-0.1, -0.05) is 48.5 Å². The normalized spacial score (nSPS) is 15.8. The van der Waals surface area contributed by atoms with Gasteiger partial charge in [-0.2, -0.15) is 0 Å². The average Bonchev–Trinajstić information content (AvgIpc) is 3.06. The third kappa shape index (κ3) is 7.17. The number of aliphatic hydroxyl groups is 2. The Labute approximate surface area is 259 Å². The molecule has 0 spiro atoms. The van der Waals surface area contributed by atoms with Crippen LogP contribution in [0.25, 0.3) is 10.9 Å². The number of hydrogen-bond donors (Lipinski definition) is 6. The summed E-state index contributed by atoms with van der Waals surface area (Å²) in [5.74, 6) is -0.930. The van der Waals surface area contributed by atoms with Gasteiger partial charge in [-0.15, -0.1) is 0 Å². The number of phenols is 1. The summed E-state index contributed by atoms with van der Waals surface area (Å²) in [6.07, 6.45) is 1.74. The first-order chi connectivity index (χ1) is 21.7. The number of H-pyrrole nitrogens is 1. The lowest BCUT2D eigenvalue weighted by atomic mass is 9.86. The predicted octanol–water partition coefficient (Wildman–Crippen LogP) is 2.88. The van der Waals surface area contributed by atoms with E-state index in [-0.39, 0.29) is 40.7 Å². The van der Waals surface area contributed by atoms with Gasteiger partial charge in [0.05, 0.1) is 11.6 Å². The maximum absolute atomic E-state index is 12.9. The Balaban J connectivity index is 1.06. The summed E-state index contributed by atoms with van der Waals surface area (Å²) in [7, 11) is 0. The number of nitrogens with one attached hydrogen (secondary N) is 2. The standard InChI is InChI=1S/C34H37N3O8/c38-28-11-9-26(27-10-12-30(40)36-32(27)28)29(39)20-35-16-13-22-14-17-37(18-15-22)31(41)21-45-25-8-4-7-24(19-25)34(44,33(42)43)23-5-2-1-3-6-23/h1-12,19,22,29,35,38-39,44H,13-18,20-21H2,(H,36,40)(H,42,43)/t29-,34-/m0/s1. The zero-order valence-electron chi connectivity index (χ0n) is 24.7. The molecule has 0 saturated carbocycles. The van der Waals surface area contributed by atoms with Crippen LogP contribution in [0.5, 0.6) is 11.5 Å². The maximum atomic E-state index is 12.9. The Morgan fingerprint density at radius 1 is 1.00 bits per heavy atom. The van der Waals surface area contributed by atoms with E-state index >= 15 is 0 Å². The van der Waals surface area contributed by atoms with Crippen molar-refractivity contribution >= 4 is 22.8 Å². The molecule has 0 bridgehead atoms. The van der Waals surface area contributed by atoms with Crippen LogP contribution < -0.4 is 15.6 Å². The molecule has 236 valence electrons. The first-order valence-electron chi connectivity index (χ1n) is 14.9. The molecule has 6 N–H and O–H groups in total. The molecule has 45 heavy (non-hydrogen) atoms. The van der Waals surface area contributed by atoms with Crippen LogP contribution in [-0.2, 0) is 15.2 Å². The first kappa shape index (κ1) is 31.7. The van der Waals surface area contributed by atoms with Crippen LogP contribution in [0.15, 0.2) is 83.7 Å². The van der Waals surface area contributed by atoms with Gasteiger partial charge >= 0.3 is 5.97 Å². The van der Waals surface area contributed by atoms with Crippen LogP contribution in [0.4, 0.5) is 0 Å². The number of fused-ring (bicyclic) bond motifs is 1. The fourth-order valence-corrected chi connectivity index (χ4v) is 5.82. The van der Waals surface area contributed by atoms with Crippen molar-refractivity contribution in [3.05, 3.63) is 106 Å². The molecular formula is C34H37N3O8. The summed E-state index contributed by atoms with van der Waals surface area (Å²) < 4.78 is 5.72. The van der Waals surface area contributed by atoms with Gasteiger partial charge in [0.25, 0.3) is 5.91 Å². The number of ether oxygens (including phenoxy) is 1. The number of phenolic OH excluding ortho intramolecular Hbond substituents is 1. The summed E-state index contributed by atoms with van der Waals surface area (Å²) in [5.41, 5.74) is -1.34. The van der Waals surface area contributed by atoms with Crippen LogP contribution in [0.3, 0.4) is 0 Å². The zero-order chi connectivity index (χ0) is 32.0. The van der Waals surface area contributed by atoms with Gasteiger partial charge in [-0.25, -0.2) is 4.79 Å². The molecule has 3 aromatic carbocycles. The number of carboxylic acids is 1. The lowest BCUT2D eigenvalue weighted by molar-refractivity contribution is -0.155. The number of pyridine rings is 1. The molecule has 5 rings (SSSR count). The Bertz CT molecular complexity index is 1700. The van der Waals surface area contributed by atoms with Gasteiger partial charge in [-0.3, -0.25) is 9.59 Å². The second-order valence-corrected chi connectivity index (χ2v) is 11.3. The Morgan fingerprint density at radius 3 is 2.47 bits per heavy atom. The van der Waals surface area contributed by atoms with E-state index in [1.165, 1.54) is 24.3 Å². The molecular weight excluding hydrogens is 578 g/mol. The minimum absolute atomic E-state index is 0.0514. The molecule has 0 radical (unpaired) electrons. The molecule has 11 heteroatoms. The summed E-state index contributed by atoms with van der Waals surface area (Å²) >= 11 is 0. The summed E-state index contributed by atoms with van der Waals surface area (Å²) in [4.78, 5) is 41.0. The number of hydrogen-bond acceptors (Lipinski definition) is 8. The lowest BCUT2D eigenvalue weighted by Gasteiger charge is -2.32. The molecule has 1 aliphatic rings. The molecule has 0 unspecified atom stereocenters. The maximum Gasteiger partial charge on any atom is 0.345 e. The number of rotatable bonds is 12. The second kappa shape index (κ2) is 13.9.